The molecule has 2 N–H and O–H groups in total. The molecule has 0 radical (unpaired) electrons. The third-order valence-corrected chi connectivity index (χ3v) is 7.16. The first-order valence-corrected chi connectivity index (χ1v) is 10.9. The van der Waals surface area contributed by atoms with E-state index in [1.54, 1.807) is 0 Å². The van der Waals surface area contributed by atoms with Gasteiger partial charge in [-0.1, -0.05) is 43.6 Å². The van der Waals surface area contributed by atoms with Gasteiger partial charge in [-0.05, 0) is 81.0 Å². The number of hydrogen-bond acceptors (Lipinski definition) is 2. The normalized spacial score (nSPS) is 33.4. The van der Waals surface area contributed by atoms with Crippen molar-refractivity contribution >= 4 is 5.97 Å². The third-order valence-electron chi connectivity index (χ3n) is 7.16. The summed E-state index contributed by atoms with van der Waals surface area (Å²) >= 11 is 0. The van der Waals surface area contributed by atoms with Gasteiger partial charge in [-0.2, -0.15) is 0 Å². The minimum atomic E-state index is -0.701. The van der Waals surface area contributed by atoms with E-state index in [1.165, 1.54) is 51.4 Å². The first kappa shape index (κ1) is 19.7. The van der Waals surface area contributed by atoms with E-state index < -0.39 is 5.97 Å². The number of fused-ring (bicyclic) bond motifs is 2. The predicted octanol–water partition coefficient (Wildman–Crippen LogP) is 5.35. The van der Waals surface area contributed by atoms with Crippen molar-refractivity contribution in [3.63, 3.8) is 0 Å². The van der Waals surface area contributed by atoms with Crippen molar-refractivity contribution in [2.45, 2.75) is 83.2 Å². The lowest BCUT2D eigenvalue weighted by Gasteiger charge is -2.29. The molecule has 146 valence electrons. The van der Waals surface area contributed by atoms with Gasteiger partial charge in [0.2, 0.25) is 0 Å². The first-order chi connectivity index (χ1) is 12.6. The molecule has 3 aliphatic rings. The second-order valence-corrected chi connectivity index (χ2v) is 8.84. The van der Waals surface area contributed by atoms with Crippen molar-refractivity contribution in [1.82, 2.24) is 0 Å². The summed E-state index contributed by atoms with van der Waals surface area (Å²) in [6.07, 6.45) is 22.0. The fraction of sp³-hybridized carbons (Fsp3) is 0.783. The van der Waals surface area contributed by atoms with Crippen LogP contribution in [0.1, 0.15) is 77.0 Å². The Kier molecular flexibility index (Phi) is 7.36. The number of aliphatic carboxylic acids is 1. The Balaban J connectivity index is 1.49. The van der Waals surface area contributed by atoms with Gasteiger partial charge in [0.25, 0.3) is 0 Å². The number of aliphatic hydroxyl groups excluding tert-OH is 1. The SMILES string of the molecule is O=C(O)CCCC=CC[C@@H]1[C@@H]2CC[C@@H](C2)[C@@H]1C=CC(O)C1CCCCC1. The van der Waals surface area contributed by atoms with Crippen molar-refractivity contribution in [3.05, 3.63) is 24.3 Å². The molecule has 3 fully saturated rings. The summed E-state index contributed by atoms with van der Waals surface area (Å²) in [6.45, 7) is 0. The lowest BCUT2D eigenvalue weighted by molar-refractivity contribution is -0.137. The molecular weight excluding hydrogens is 324 g/mol. The van der Waals surface area contributed by atoms with Gasteiger partial charge in [0.15, 0.2) is 0 Å². The van der Waals surface area contributed by atoms with E-state index in [2.05, 4.69) is 24.3 Å². The molecule has 3 rings (SSSR count). The third kappa shape index (κ3) is 5.22. The molecule has 3 aliphatic carbocycles. The smallest absolute Gasteiger partial charge is 0.303 e. The summed E-state index contributed by atoms with van der Waals surface area (Å²) in [5, 5.41) is 19.3. The largest absolute Gasteiger partial charge is 0.481 e. The van der Waals surface area contributed by atoms with Crippen LogP contribution in [-0.4, -0.2) is 22.3 Å². The summed E-state index contributed by atoms with van der Waals surface area (Å²) in [6, 6.07) is 0. The number of rotatable bonds is 9. The lowest BCUT2D eigenvalue weighted by Crippen LogP contribution is -2.23. The number of allylic oxidation sites excluding steroid dienone is 3. The monoisotopic (exact) mass is 360 g/mol. The molecule has 3 nitrogen and oxygen atoms in total. The summed E-state index contributed by atoms with van der Waals surface area (Å²) < 4.78 is 0. The second-order valence-electron chi connectivity index (χ2n) is 8.84. The molecule has 5 atom stereocenters. The highest BCUT2D eigenvalue weighted by Gasteiger charge is 2.45. The van der Waals surface area contributed by atoms with Crippen LogP contribution in [0.4, 0.5) is 0 Å². The van der Waals surface area contributed by atoms with E-state index in [0.29, 0.717) is 11.8 Å². The van der Waals surface area contributed by atoms with Crippen molar-refractivity contribution in [1.29, 1.82) is 0 Å². The van der Waals surface area contributed by atoms with Crippen LogP contribution in [0, 0.1) is 29.6 Å². The summed E-state index contributed by atoms with van der Waals surface area (Å²) in [4.78, 5) is 10.6. The van der Waals surface area contributed by atoms with Crippen LogP contribution in [0.2, 0.25) is 0 Å². The Morgan fingerprint density at radius 1 is 1.04 bits per heavy atom. The van der Waals surface area contributed by atoms with Gasteiger partial charge in [0.1, 0.15) is 0 Å². The first-order valence-electron chi connectivity index (χ1n) is 10.9. The Labute approximate surface area is 158 Å². The van der Waals surface area contributed by atoms with Crippen LogP contribution in [0.3, 0.4) is 0 Å². The zero-order valence-electron chi connectivity index (χ0n) is 16.1. The zero-order chi connectivity index (χ0) is 18.4. The maximum atomic E-state index is 10.6. The molecule has 0 amide bonds. The fourth-order valence-corrected chi connectivity index (χ4v) is 5.72. The Bertz CT molecular complexity index is 504. The molecule has 0 heterocycles. The van der Waals surface area contributed by atoms with Crippen molar-refractivity contribution in [2.75, 3.05) is 0 Å². The quantitative estimate of drug-likeness (QED) is 0.430. The van der Waals surface area contributed by atoms with Crippen molar-refractivity contribution in [3.8, 4) is 0 Å². The Morgan fingerprint density at radius 3 is 2.58 bits per heavy atom. The maximum absolute atomic E-state index is 10.6. The summed E-state index contributed by atoms with van der Waals surface area (Å²) in [7, 11) is 0. The van der Waals surface area contributed by atoms with Gasteiger partial charge in [-0.15, -0.1) is 0 Å². The molecule has 0 aromatic rings. The molecule has 0 saturated heterocycles. The molecule has 26 heavy (non-hydrogen) atoms. The van der Waals surface area contributed by atoms with Crippen LogP contribution in [0.5, 0.6) is 0 Å². The van der Waals surface area contributed by atoms with Crippen molar-refractivity contribution < 1.29 is 15.0 Å². The Morgan fingerprint density at radius 2 is 1.81 bits per heavy atom. The standard InChI is InChI=1S/C23H36O3/c24-22(17-8-4-3-5-9-17)15-14-21-19-13-12-18(16-19)20(21)10-6-1-2-7-11-23(25)26/h1,6,14-15,17-22,24H,2-5,7-13,16H2,(H,25,26)/t18-,19+,20-,21+,22?/m1/s1. The number of unbranched alkanes of at least 4 members (excludes halogenated alkanes) is 1. The van der Waals surface area contributed by atoms with Gasteiger partial charge in [-0.3, -0.25) is 4.79 Å². The fourth-order valence-electron chi connectivity index (χ4n) is 5.72. The van der Waals surface area contributed by atoms with Gasteiger partial charge < -0.3 is 10.2 Å². The molecule has 1 unspecified atom stereocenters. The van der Waals surface area contributed by atoms with E-state index in [0.717, 1.165) is 37.0 Å². The molecule has 0 spiro atoms. The molecule has 3 saturated carbocycles. The summed E-state index contributed by atoms with van der Waals surface area (Å²) in [5.41, 5.74) is 0. The minimum Gasteiger partial charge on any atom is -0.481 e. The van der Waals surface area contributed by atoms with Crippen LogP contribution in [-0.2, 0) is 4.79 Å². The average molecular weight is 361 g/mol. The van der Waals surface area contributed by atoms with E-state index in [9.17, 15) is 9.90 Å². The highest BCUT2D eigenvalue weighted by Crippen LogP contribution is 2.54. The lowest BCUT2D eigenvalue weighted by atomic mass is 9.76. The predicted molar refractivity (Wildman–Crippen MR) is 105 cm³/mol. The topological polar surface area (TPSA) is 57.5 Å². The van der Waals surface area contributed by atoms with Crippen LogP contribution >= 0.6 is 0 Å². The van der Waals surface area contributed by atoms with E-state index in [4.69, 9.17) is 5.11 Å². The van der Waals surface area contributed by atoms with Gasteiger partial charge in [-0.25, -0.2) is 0 Å². The minimum absolute atomic E-state index is 0.248. The molecule has 0 aromatic carbocycles. The molecular formula is C23H36O3. The van der Waals surface area contributed by atoms with Gasteiger partial charge in [0.05, 0.1) is 6.10 Å². The number of carboxylic acid groups (broad SMARTS) is 1. The van der Waals surface area contributed by atoms with Gasteiger partial charge in [0, 0.05) is 6.42 Å². The zero-order valence-corrected chi connectivity index (χ0v) is 16.1. The number of hydrogen-bond donors (Lipinski definition) is 2. The number of aliphatic hydroxyl groups is 1. The molecule has 3 heteroatoms. The number of carboxylic acids is 1. The molecule has 0 aromatic heterocycles. The highest BCUT2D eigenvalue weighted by molar-refractivity contribution is 5.66. The highest BCUT2D eigenvalue weighted by atomic mass is 16.4. The van der Waals surface area contributed by atoms with E-state index in [1.807, 2.05) is 0 Å². The molecule has 0 aliphatic heterocycles. The molecule has 2 bridgehead atoms. The average Bonchev–Trinajstić information content (AvgIpc) is 3.24. The van der Waals surface area contributed by atoms with Crippen LogP contribution in [0.25, 0.3) is 0 Å². The Hall–Kier alpha value is -1.09. The van der Waals surface area contributed by atoms with Crippen molar-refractivity contribution in [2.24, 2.45) is 29.6 Å². The second kappa shape index (κ2) is 9.73. The van der Waals surface area contributed by atoms with E-state index in [-0.39, 0.29) is 12.5 Å². The summed E-state index contributed by atoms with van der Waals surface area (Å²) in [5.74, 6) is 2.81. The maximum Gasteiger partial charge on any atom is 0.303 e. The van der Waals surface area contributed by atoms with Gasteiger partial charge >= 0.3 is 5.97 Å². The van der Waals surface area contributed by atoms with Crippen LogP contribution in [0.15, 0.2) is 24.3 Å². The van der Waals surface area contributed by atoms with E-state index >= 15 is 0 Å². The number of carbonyl (C=O) groups is 1. The van der Waals surface area contributed by atoms with Crippen LogP contribution < -0.4 is 0 Å².